The van der Waals surface area contributed by atoms with Crippen LogP contribution >= 0.6 is 0 Å². The van der Waals surface area contributed by atoms with E-state index in [1.807, 2.05) is 0 Å². The molecule has 0 spiro atoms. The van der Waals surface area contributed by atoms with E-state index in [0.717, 1.165) is 38.5 Å². The predicted molar refractivity (Wildman–Crippen MR) is 105 cm³/mol. The Morgan fingerprint density at radius 2 is 1.93 bits per heavy atom. The molecule has 4 saturated carbocycles. The van der Waals surface area contributed by atoms with Crippen LogP contribution in [0, 0.1) is 46.8 Å². The molecule has 8 unspecified atom stereocenters. The van der Waals surface area contributed by atoms with Crippen LogP contribution in [0.5, 0.6) is 0 Å². The maximum absolute atomic E-state index is 13.3. The van der Waals surface area contributed by atoms with Crippen LogP contribution in [0.25, 0.3) is 0 Å². The third-order valence-electron chi connectivity index (χ3n) is 9.53. The van der Waals surface area contributed by atoms with Gasteiger partial charge < -0.3 is 0 Å². The van der Waals surface area contributed by atoms with Gasteiger partial charge in [0, 0.05) is 18.0 Å². The molecule has 4 aliphatic carbocycles. The molecular formula is C23H33F2N3O. The second-order valence-electron chi connectivity index (χ2n) is 10.6. The lowest BCUT2D eigenvalue weighted by Crippen LogP contribution is -2.49. The van der Waals surface area contributed by atoms with E-state index in [0.29, 0.717) is 48.3 Å². The summed E-state index contributed by atoms with van der Waals surface area (Å²) in [5.74, 6) is 3.26. The van der Waals surface area contributed by atoms with E-state index in [9.17, 15) is 13.6 Å². The van der Waals surface area contributed by atoms with Crippen LogP contribution in [-0.2, 0) is 11.3 Å². The normalized spacial score (nSPS) is 44.2. The van der Waals surface area contributed by atoms with Gasteiger partial charge in [-0.2, -0.15) is 0 Å². The quantitative estimate of drug-likeness (QED) is 0.708. The Kier molecular flexibility index (Phi) is 5.02. The Morgan fingerprint density at radius 1 is 1.10 bits per heavy atom. The van der Waals surface area contributed by atoms with Gasteiger partial charge in [0.15, 0.2) is 5.78 Å². The number of fused-ring (bicyclic) bond motifs is 5. The van der Waals surface area contributed by atoms with Crippen molar-refractivity contribution in [2.24, 2.45) is 46.8 Å². The molecule has 0 amide bonds. The van der Waals surface area contributed by atoms with Crippen molar-refractivity contribution in [3.8, 4) is 0 Å². The van der Waals surface area contributed by atoms with E-state index < -0.39 is 6.43 Å². The molecule has 0 saturated heterocycles. The summed E-state index contributed by atoms with van der Waals surface area (Å²) in [6, 6.07) is 0. The van der Waals surface area contributed by atoms with Gasteiger partial charge in [-0.15, -0.1) is 5.10 Å². The van der Waals surface area contributed by atoms with Crippen molar-refractivity contribution in [2.45, 2.75) is 77.7 Å². The van der Waals surface area contributed by atoms with Crippen molar-refractivity contribution >= 4 is 5.78 Å². The highest BCUT2D eigenvalue weighted by Gasteiger charge is 2.58. The van der Waals surface area contributed by atoms with Gasteiger partial charge >= 0.3 is 0 Å². The van der Waals surface area contributed by atoms with Gasteiger partial charge in [0.05, 0.1) is 6.20 Å². The number of aromatic nitrogens is 3. The molecule has 0 bridgehead atoms. The van der Waals surface area contributed by atoms with Crippen molar-refractivity contribution < 1.29 is 13.6 Å². The average molecular weight is 406 g/mol. The van der Waals surface area contributed by atoms with Crippen LogP contribution < -0.4 is 0 Å². The summed E-state index contributed by atoms with van der Waals surface area (Å²) in [7, 11) is 0. The SMILES string of the molecule is CC12CCC3C4CCC(C(F)F)CC4CCC3C1CCC2C(=O)Cn1ccnn1. The van der Waals surface area contributed by atoms with Crippen molar-refractivity contribution in [2.75, 3.05) is 0 Å². The summed E-state index contributed by atoms with van der Waals surface area (Å²) in [6.07, 6.45) is 10.5. The van der Waals surface area contributed by atoms with Crippen LogP contribution in [0.15, 0.2) is 12.4 Å². The van der Waals surface area contributed by atoms with E-state index in [1.54, 1.807) is 17.1 Å². The van der Waals surface area contributed by atoms with Gasteiger partial charge in [-0.25, -0.2) is 13.5 Å². The molecule has 4 nitrogen and oxygen atoms in total. The molecule has 0 aliphatic heterocycles. The molecule has 4 aliphatic rings. The monoisotopic (exact) mass is 405 g/mol. The predicted octanol–water partition coefficient (Wildman–Crippen LogP) is 5.00. The number of rotatable bonds is 4. The number of ketones is 1. The van der Waals surface area contributed by atoms with E-state index in [-0.39, 0.29) is 17.3 Å². The van der Waals surface area contributed by atoms with Gasteiger partial charge in [0.1, 0.15) is 6.54 Å². The molecule has 1 aromatic heterocycles. The highest BCUT2D eigenvalue weighted by atomic mass is 19.3. The molecule has 1 heterocycles. The molecule has 29 heavy (non-hydrogen) atoms. The Morgan fingerprint density at radius 3 is 2.69 bits per heavy atom. The van der Waals surface area contributed by atoms with Crippen LogP contribution in [-0.4, -0.2) is 27.2 Å². The van der Waals surface area contributed by atoms with Crippen molar-refractivity contribution in [3.05, 3.63) is 12.4 Å². The zero-order valence-electron chi connectivity index (χ0n) is 17.4. The van der Waals surface area contributed by atoms with Crippen molar-refractivity contribution in [1.82, 2.24) is 15.0 Å². The summed E-state index contributed by atoms with van der Waals surface area (Å²) in [6.45, 7) is 2.70. The molecule has 160 valence electrons. The zero-order valence-corrected chi connectivity index (χ0v) is 17.4. The molecule has 0 aromatic carbocycles. The summed E-state index contributed by atoms with van der Waals surface area (Å²) < 4.78 is 28.2. The standard InChI is InChI=1S/C23H33F2N3O/c1-23-9-8-17-16-4-3-15(22(24)25)12-14(16)2-5-18(17)19(23)6-7-20(23)21(29)13-28-11-10-26-27-28/h10-11,14-20,22H,2-9,12-13H2,1H3. The molecule has 8 atom stereocenters. The number of halogens is 2. The number of nitrogens with zero attached hydrogens (tertiary/aromatic N) is 3. The molecular weight excluding hydrogens is 372 g/mol. The van der Waals surface area contributed by atoms with Gasteiger partial charge in [-0.05, 0) is 92.8 Å². The summed E-state index contributed by atoms with van der Waals surface area (Å²) in [5, 5.41) is 7.80. The number of Topliss-reactive ketones (excluding diaryl/α,β-unsaturated/α-hetero) is 1. The number of carbonyl (C=O) groups is 1. The maximum atomic E-state index is 13.3. The number of hydrogen-bond acceptors (Lipinski definition) is 3. The lowest BCUT2D eigenvalue weighted by Gasteiger charge is -2.56. The van der Waals surface area contributed by atoms with Crippen LogP contribution in [0.1, 0.15) is 64.7 Å². The van der Waals surface area contributed by atoms with Crippen LogP contribution in [0.3, 0.4) is 0 Å². The fraction of sp³-hybridized carbons (Fsp3) is 0.870. The molecule has 5 rings (SSSR count). The minimum atomic E-state index is -2.14. The largest absolute Gasteiger partial charge is 0.297 e. The van der Waals surface area contributed by atoms with E-state index in [2.05, 4.69) is 17.2 Å². The first-order valence-corrected chi connectivity index (χ1v) is 11.6. The maximum Gasteiger partial charge on any atom is 0.241 e. The number of carbonyl (C=O) groups excluding carboxylic acids is 1. The third-order valence-corrected chi connectivity index (χ3v) is 9.53. The topological polar surface area (TPSA) is 47.8 Å². The van der Waals surface area contributed by atoms with Gasteiger partial charge in [-0.3, -0.25) is 4.79 Å². The first-order valence-electron chi connectivity index (χ1n) is 11.6. The molecule has 6 heteroatoms. The third kappa shape index (κ3) is 3.25. The Labute approximate surface area is 171 Å². The number of alkyl halides is 2. The first kappa shape index (κ1) is 19.6. The van der Waals surface area contributed by atoms with Gasteiger partial charge in [0.2, 0.25) is 6.43 Å². The minimum absolute atomic E-state index is 0.103. The zero-order chi connectivity index (χ0) is 20.2. The molecule has 4 fully saturated rings. The summed E-state index contributed by atoms with van der Waals surface area (Å²) >= 11 is 0. The summed E-state index contributed by atoms with van der Waals surface area (Å²) in [5.41, 5.74) is 0.103. The smallest absolute Gasteiger partial charge is 0.241 e. The molecule has 0 radical (unpaired) electrons. The van der Waals surface area contributed by atoms with Crippen molar-refractivity contribution in [3.63, 3.8) is 0 Å². The van der Waals surface area contributed by atoms with Crippen LogP contribution in [0.4, 0.5) is 8.78 Å². The summed E-state index contributed by atoms with van der Waals surface area (Å²) in [4.78, 5) is 13.1. The molecule has 1 aromatic rings. The van der Waals surface area contributed by atoms with E-state index in [4.69, 9.17) is 0 Å². The fourth-order valence-corrected chi connectivity index (χ4v) is 8.23. The lowest BCUT2D eigenvalue weighted by atomic mass is 9.49. The minimum Gasteiger partial charge on any atom is -0.297 e. The van der Waals surface area contributed by atoms with E-state index in [1.165, 1.54) is 12.8 Å². The molecule has 0 N–H and O–H groups in total. The Bertz CT molecular complexity index is 738. The second-order valence-corrected chi connectivity index (χ2v) is 10.6. The highest BCUT2D eigenvalue weighted by Crippen LogP contribution is 2.64. The van der Waals surface area contributed by atoms with E-state index >= 15 is 0 Å². The van der Waals surface area contributed by atoms with Crippen molar-refractivity contribution in [1.29, 1.82) is 0 Å². The lowest BCUT2D eigenvalue weighted by molar-refractivity contribution is -0.131. The first-order chi connectivity index (χ1) is 14.0. The van der Waals surface area contributed by atoms with Gasteiger partial charge in [-0.1, -0.05) is 12.1 Å². The number of hydrogen-bond donors (Lipinski definition) is 0. The van der Waals surface area contributed by atoms with Gasteiger partial charge in [0.25, 0.3) is 0 Å². The Balaban J connectivity index is 1.30. The Hall–Kier alpha value is -1.33. The highest BCUT2D eigenvalue weighted by molar-refractivity contribution is 5.82. The fourth-order valence-electron chi connectivity index (χ4n) is 8.23. The van der Waals surface area contributed by atoms with Crippen LogP contribution in [0.2, 0.25) is 0 Å². The second kappa shape index (κ2) is 7.42. The average Bonchev–Trinajstić information content (AvgIpc) is 3.34.